The first kappa shape index (κ1) is 19.6. The monoisotopic (exact) mass is 398 g/mol. The van der Waals surface area contributed by atoms with Crippen LogP contribution in [0.2, 0.25) is 0 Å². The van der Waals surface area contributed by atoms with Gasteiger partial charge in [-0.15, -0.1) is 0 Å². The molecule has 0 spiro atoms. The molecule has 2 aliphatic rings. The van der Waals surface area contributed by atoms with E-state index in [-0.39, 0.29) is 2.85 Å². The minimum atomic E-state index is 0. The maximum absolute atomic E-state index is 7.64. The molecule has 8 nitrogen and oxygen atoms in total. The van der Waals surface area contributed by atoms with Gasteiger partial charge in [-0.1, -0.05) is 0 Å². The quantitative estimate of drug-likeness (QED) is 0.556. The van der Waals surface area contributed by atoms with Crippen LogP contribution in [0, 0.1) is 5.41 Å². The molecular weight excluding hydrogens is 364 g/mol. The molecule has 0 aliphatic carbocycles. The number of anilines is 4. The predicted molar refractivity (Wildman–Crippen MR) is 123 cm³/mol. The van der Waals surface area contributed by atoms with Crippen molar-refractivity contribution in [3.63, 3.8) is 0 Å². The Kier molecular flexibility index (Phi) is 6.21. The van der Waals surface area contributed by atoms with Gasteiger partial charge < -0.3 is 31.2 Å². The number of nitrogens with zero attached hydrogens (tertiary/aromatic N) is 4. The molecule has 8 heteroatoms. The molecule has 2 fully saturated rings. The third-order valence-corrected chi connectivity index (χ3v) is 5.64. The largest absolute Gasteiger partial charge is 0.369 e. The van der Waals surface area contributed by atoms with Gasteiger partial charge in [0, 0.05) is 58.9 Å². The summed E-state index contributed by atoms with van der Waals surface area (Å²) >= 11 is 0. The first-order valence-electron chi connectivity index (χ1n) is 10.4. The molecule has 158 valence electrons. The summed E-state index contributed by atoms with van der Waals surface area (Å²) in [6.07, 6.45) is 5.11. The van der Waals surface area contributed by atoms with E-state index in [2.05, 4.69) is 67.0 Å². The Bertz CT molecular complexity index is 819. The molecule has 0 atom stereocenters. The highest BCUT2D eigenvalue weighted by atomic mass is 15.2. The van der Waals surface area contributed by atoms with Crippen LogP contribution in [0.4, 0.5) is 23.1 Å². The molecule has 0 bridgehead atoms. The lowest BCUT2D eigenvalue weighted by Gasteiger charge is -2.34. The van der Waals surface area contributed by atoms with Crippen LogP contribution in [-0.2, 0) is 0 Å². The first-order valence-corrected chi connectivity index (χ1v) is 10.4. The van der Waals surface area contributed by atoms with Gasteiger partial charge in [-0.3, -0.25) is 0 Å². The van der Waals surface area contributed by atoms with E-state index in [0.717, 1.165) is 63.6 Å². The molecular formula is C21H34N8. The number of rotatable bonds is 6. The lowest BCUT2D eigenvalue weighted by molar-refractivity contribution is 0.313. The van der Waals surface area contributed by atoms with Gasteiger partial charge in [-0.2, -0.15) is 4.98 Å². The molecule has 1 aromatic carbocycles. The van der Waals surface area contributed by atoms with Crippen molar-refractivity contribution in [3.05, 3.63) is 36.0 Å². The zero-order valence-corrected chi connectivity index (χ0v) is 17.0. The summed E-state index contributed by atoms with van der Waals surface area (Å²) < 4.78 is 0. The maximum Gasteiger partial charge on any atom is 0.229 e. The van der Waals surface area contributed by atoms with Crippen molar-refractivity contribution in [3.8, 4) is 0 Å². The lowest BCUT2D eigenvalue weighted by Crippen LogP contribution is -2.44. The third-order valence-electron chi connectivity index (χ3n) is 5.64. The Morgan fingerprint density at radius 1 is 1.14 bits per heavy atom. The van der Waals surface area contributed by atoms with Gasteiger partial charge in [-0.05, 0) is 57.2 Å². The normalized spacial score (nSPS) is 18.4. The van der Waals surface area contributed by atoms with E-state index in [4.69, 9.17) is 5.41 Å². The average molecular weight is 399 g/mol. The Hall–Kier alpha value is -2.71. The number of hydrogen-bond acceptors (Lipinski definition) is 8. The van der Waals surface area contributed by atoms with E-state index < -0.39 is 0 Å². The van der Waals surface area contributed by atoms with Crippen molar-refractivity contribution in [1.82, 2.24) is 20.2 Å². The Morgan fingerprint density at radius 3 is 2.55 bits per heavy atom. The van der Waals surface area contributed by atoms with Gasteiger partial charge in [0.05, 0.1) is 5.56 Å². The minimum Gasteiger partial charge on any atom is -0.369 e. The summed E-state index contributed by atoms with van der Waals surface area (Å²) in [6.45, 7) is 6.33. The van der Waals surface area contributed by atoms with Gasteiger partial charge in [0.15, 0.2) is 0 Å². The fourth-order valence-electron chi connectivity index (χ4n) is 3.78. The topological polar surface area (TPSA) is 92.2 Å². The SMILES string of the molecule is CN1CCN(c2ccc(Nc3ncc(C=N)c(NC4CCNCC4)n3)cc2)CC1.[HH].[HH]. The fourth-order valence-corrected chi connectivity index (χ4v) is 3.78. The standard InChI is InChI=1S/C21H30N8.2H2/c1-28-10-12-29(13-11-28)19-4-2-17(3-5-19)26-21-24-15-16(14-22)20(27-21)25-18-6-8-23-9-7-18;;/h2-5,14-15,18,22-23H,6-13H2,1H3,(H2,24,25,26,27);2*1H. The van der Waals surface area contributed by atoms with Crippen LogP contribution >= 0.6 is 0 Å². The van der Waals surface area contributed by atoms with Crippen molar-refractivity contribution in [2.24, 2.45) is 0 Å². The Balaban J connectivity index is 0.00000171. The zero-order valence-electron chi connectivity index (χ0n) is 17.0. The molecule has 1 aromatic heterocycles. The lowest BCUT2D eigenvalue weighted by atomic mass is 10.1. The number of likely N-dealkylation sites (N-methyl/N-ethyl adjacent to an activating group) is 1. The van der Waals surface area contributed by atoms with Crippen LogP contribution in [0.1, 0.15) is 21.3 Å². The zero-order chi connectivity index (χ0) is 20.1. The second-order valence-electron chi connectivity index (χ2n) is 7.77. The van der Waals surface area contributed by atoms with Crippen molar-refractivity contribution in [2.75, 3.05) is 61.8 Å². The van der Waals surface area contributed by atoms with Gasteiger partial charge in [-0.25, -0.2) is 4.98 Å². The van der Waals surface area contributed by atoms with E-state index in [1.807, 2.05) is 0 Å². The molecule has 0 radical (unpaired) electrons. The second-order valence-corrected chi connectivity index (χ2v) is 7.77. The number of nitrogens with one attached hydrogen (secondary N) is 4. The number of piperidine rings is 1. The highest BCUT2D eigenvalue weighted by molar-refractivity contribution is 5.84. The number of benzene rings is 1. The molecule has 3 heterocycles. The molecule has 0 unspecified atom stereocenters. The van der Waals surface area contributed by atoms with E-state index in [1.54, 1.807) is 6.20 Å². The molecule has 2 aromatic rings. The molecule has 0 saturated carbocycles. The van der Waals surface area contributed by atoms with E-state index in [1.165, 1.54) is 11.9 Å². The first-order chi connectivity index (χ1) is 14.2. The van der Waals surface area contributed by atoms with Gasteiger partial charge in [0.1, 0.15) is 5.82 Å². The highest BCUT2D eigenvalue weighted by Gasteiger charge is 2.16. The van der Waals surface area contributed by atoms with Crippen molar-refractivity contribution in [1.29, 1.82) is 5.41 Å². The Labute approximate surface area is 175 Å². The third kappa shape index (κ3) is 5.02. The molecule has 0 amide bonds. The summed E-state index contributed by atoms with van der Waals surface area (Å²) in [4.78, 5) is 13.8. The van der Waals surface area contributed by atoms with Gasteiger partial charge in [0.25, 0.3) is 0 Å². The second kappa shape index (κ2) is 9.19. The Morgan fingerprint density at radius 2 is 1.86 bits per heavy atom. The molecule has 2 saturated heterocycles. The van der Waals surface area contributed by atoms with Crippen LogP contribution in [0.5, 0.6) is 0 Å². The molecule has 4 N–H and O–H groups in total. The van der Waals surface area contributed by atoms with E-state index >= 15 is 0 Å². The van der Waals surface area contributed by atoms with Crippen LogP contribution in [0.15, 0.2) is 30.5 Å². The van der Waals surface area contributed by atoms with Crippen molar-refractivity contribution in [2.45, 2.75) is 18.9 Å². The van der Waals surface area contributed by atoms with Crippen molar-refractivity contribution >= 4 is 29.4 Å². The van der Waals surface area contributed by atoms with Crippen LogP contribution < -0.4 is 20.9 Å². The molecule has 4 rings (SSSR count). The summed E-state index contributed by atoms with van der Waals surface area (Å²) in [5.74, 6) is 1.26. The van der Waals surface area contributed by atoms with Crippen LogP contribution in [0.3, 0.4) is 0 Å². The average Bonchev–Trinajstić information content (AvgIpc) is 2.76. The molecule has 29 heavy (non-hydrogen) atoms. The summed E-state index contributed by atoms with van der Waals surface area (Å²) in [5.41, 5.74) is 2.91. The van der Waals surface area contributed by atoms with Gasteiger partial charge in [0.2, 0.25) is 5.95 Å². The summed E-state index contributed by atoms with van der Waals surface area (Å²) in [7, 11) is 2.17. The van der Waals surface area contributed by atoms with Crippen LogP contribution in [-0.4, -0.2) is 73.4 Å². The van der Waals surface area contributed by atoms with E-state index in [9.17, 15) is 0 Å². The maximum atomic E-state index is 7.64. The number of aromatic nitrogens is 2. The molecule has 2 aliphatic heterocycles. The number of piperazine rings is 1. The fraction of sp³-hybridized carbons (Fsp3) is 0.476. The van der Waals surface area contributed by atoms with Crippen molar-refractivity contribution < 1.29 is 2.85 Å². The highest BCUT2D eigenvalue weighted by Crippen LogP contribution is 2.22. The minimum absolute atomic E-state index is 0. The predicted octanol–water partition coefficient (Wildman–Crippen LogP) is 2.63. The van der Waals surface area contributed by atoms with Crippen LogP contribution in [0.25, 0.3) is 0 Å². The number of hydrogen-bond donors (Lipinski definition) is 4. The van der Waals surface area contributed by atoms with E-state index in [0.29, 0.717) is 17.6 Å². The van der Waals surface area contributed by atoms with Gasteiger partial charge >= 0.3 is 0 Å². The smallest absolute Gasteiger partial charge is 0.229 e. The summed E-state index contributed by atoms with van der Waals surface area (Å²) in [5, 5.41) is 17.8. The summed E-state index contributed by atoms with van der Waals surface area (Å²) in [6, 6.07) is 8.81.